The highest BCUT2D eigenvalue weighted by Crippen LogP contribution is 2.52. The summed E-state index contributed by atoms with van der Waals surface area (Å²) >= 11 is 0. The van der Waals surface area contributed by atoms with Gasteiger partial charge in [-0.05, 0) is 39.1 Å². The van der Waals surface area contributed by atoms with Crippen LogP contribution >= 0.6 is 0 Å². The maximum Gasteiger partial charge on any atom is 0.312 e. The molecular formula is C21H25N3O10. The molecule has 13 heteroatoms. The molecule has 0 spiro atoms. The van der Waals surface area contributed by atoms with Crippen LogP contribution in [-0.2, 0) is 23.4 Å². The van der Waals surface area contributed by atoms with E-state index in [4.69, 9.17) is 0 Å². The molecular weight excluding hydrogens is 454 g/mol. The Morgan fingerprint density at radius 3 is 2.06 bits per heavy atom. The fourth-order valence-corrected chi connectivity index (χ4v) is 4.20. The van der Waals surface area contributed by atoms with Crippen molar-refractivity contribution in [1.29, 1.82) is 0 Å². The van der Waals surface area contributed by atoms with Crippen LogP contribution in [-0.4, -0.2) is 78.5 Å². The van der Waals surface area contributed by atoms with E-state index in [1.165, 1.54) is 24.3 Å². The van der Waals surface area contributed by atoms with E-state index in [9.17, 15) is 51.1 Å². The number of aliphatic hydroxyl groups is 10. The van der Waals surface area contributed by atoms with Gasteiger partial charge in [0.1, 0.15) is 5.69 Å². The van der Waals surface area contributed by atoms with E-state index < -0.39 is 46.1 Å². The molecule has 2 aromatic heterocycles. The summed E-state index contributed by atoms with van der Waals surface area (Å²) in [5.41, 5.74) is -1.91. The molecule has 0 aliphatic carbocycles. The first-order chi connectivity index (χ1) is 15.4. The number of aryl methyl sites for hydroxylation is 2. The first kappa shape index (κ1) is 24.6. The fourth-order valence-electron chi connectivity index (χ4n) is 4.20. The standard InChI is InChI=1S/C21H25N3O10/c1-10-4-7-14-13(8-10)15-16(18(27,28)20(31,32)23(3)19(15,29)30)24(14)21(33,34)17(25,26)12-6-5-11(2)22-9-12/h4-9,25-34H,1-3H3. The van der Waals surface area contributed by atoms with Gasteiger partial charge in [0.15, 0.2) is 0 Å². The predicted molar refractivity (Wildman–Crippen MR) is 111 cm³/mol. The topological polar surface area (TPSA) is 223 Å². The smallest absolute Gasteiger partial charge is 0.312 e. The van der Waals surface area contributed by atoms with Gasteiger partial charge in [-0.25, -0.2) is 0 Å². The maximum atomic E-state index is 11.1. The Morgan fingerprint density at radius 1 is 0.882 bits per heavy atom. The van der Waals surface area contributed by atoms with Crippen molar-refractivity contribution in [3.63, 3.8) is 0 Å². The van der Waals surface area contributed by atoms with Gasteiger partial charge in [0.2, 0.25) is 0 Å². The molecule has 0 unspecified atom stereocenters. The lowest BCUT2D eigenvalue weighted by Gasteiger charge is -2.51. The molecule has 1 aliphatic rings. The van der Waals surface area contributed by atoms with Crippen LogP contribution in [0.2, 0.25) is 0 Å². The number of hydrogen-bond donors (Lipinski definition) is 10. The third kappa shape index (κ3) is 2.92. The molecule has 1 aliphatic heterocycles. The van der Waals surface area contributed by atoms with Crippen LogP contribution < -0.4 is 0 Å². The lowest BCUT2D eigenvalue weighted by atomic mass is 9.92. The van der Waals surface area contributed by atoms with Gasteiger partial charge >= 0.3 is 5.91 Å². The zero-order valence-electron chi connectivity index (χ0n) is 18.3. The Balaban J connectivity index is 2.16. The molecule has 1 aromatic carbocycles. The summed E-state index contributed by atoms with van der Waals surface area (Å²) in [6.07, 6.45) is 0.933. The van der Waals surface area contributed by atoms with E-state index in [0.29, 0.717) is 11.3 Å². The van der Waals surface area contributed by atoms with Gasteiger partial charge in [0, 0.05) is 22.8 Å². The molecule has 0 atom stereocenters. The van der Waals surface area contributed by atoms with Crippen LogP contribution in [0.5, 0.6) is 0 Å². The van der Waals surface area contributed by atoms with Crippen LogP contribution in [0.1, 0.15) is 28.1 Å². The van der Waals surface area contributed by atoms with Crippen molar-refractivity contribution >= 4 is 10.9 Å². The molecule has 10 N–H and O–H groups in total. The molecule has 4 rings (SSSR count). The summed E-state index contributed by atoms with van der Waals surface area (Å²) in [5.74, 6) is -18.4. The minimum Gasteiger partial charge on any atom is -0.356 e. The van der Waals surface area contributed by atoms with Crippen molar-refractivity contribution in [3.05, 3.63) is 64.6 Å². The highest BCUT2D eigenvalue weighted by Gasteiger charge is 2.68. The summed E-state index contributed by atoms with van der Waals surface area (Å²) < 4.78 is 0.173. The van der Waals surface area contributed by atoms with Crippen molar-refractivity contribution in [1.82, 2.24) is 14.5 Å². The molecule has 0 fully saturated rings. The van der Waals surface area contributed by atoms with Crippen LogP contribution in [0.4, 0.5) is 0 Å². The van der Waals surface area contributed by atoms with Crippen molar-refractivity contribution in [2.24, 2.45) is 0 Å². The highest BCUT2D eigenvalue weighted by atomic mass is 16.6. The van der Waals surface area contributed by atoms with Crippen LogP contribution in [0, 0.1) is 13.8 Å². The van der Waals surface area contributed by atoms with E-state index in [1.807, 2.05) is 0 Å². The zero-order valence-corrected chi connectivity index (χ0v) is 18.3. The number of hydrogen-bond acceptors (Lipinski definition) is 12. The summed E-state index contributed by atoms with van der Waals surface area (Å²) in [6, 6.07) is 6.42. The van der Waals surface area contributed by atoms with Crippen LogP contribution in [0.25, 0.3) is 10.9 Å². The van der Waals surface area contributed by atoms with E-state index in [1.54, 1.807) is 13.8 Å². The van der Waals surface area contributed by atoms with Gasteiger partial charge in [0.05, 0.1) is 11.1 Å². The maximum absolute atomic E-state index is 11.1. The van der Waals surface area contributed by atoms with Gasteiger partial charge in [-0.15, -0.1) is 0 Å². The van der Waals surface area contributed by atoms with Crippen molar-refractivity contribution in [2.45, 2.75) is 43.2 Å². The molecule has 13 nitrogen and oxygen atoms in total. The summed E-state index contributed by atoms with van der Waals surface area (Å²) in [6.45, 7) is 3.20. The predicted octanol–water partition coefficient (Wildman–Crippen LogP) is -3.10. The van der Waals surface area contributed by atoms with E-state index in [2.05, 4.69) is 4.98 Å². The first-order valence-corrected chi connectivity index (χ1v) is 9.97. The number of fused-ring (bicyclic) bond motifs is 3. The fraction of sp³-hybridized carbons (Fsp3) is 0.381. The normalized spacial score (nSPS) is 19.9. The first-order valence-electron chi connectivity index (χ1n) is 9.97. The second-order valence-electron chi connectivity index (χ2n) is 8.58. The Morgan fingerprint density at radius 2 is 1.50 bits per heavy atom. The SMILES string of the molecule is Cc1ccc2c(c1)c1c(n2C(O)(O)C(O)(O)c2ccc(C)nc2)C(O)(O)C(O)(O)N(C)C1(O)O. The largest absolute Gasteiger partial charge is 0.356 e. The lowest BCUT2D eigenvalue weighted by Crippen LogP contribution is -2.72. The number of likely N-dealkylation sites (N-methyl/N-ethyl adjacent to an activating group) is 1. The molecule has 34 heavy (non-hydrogen) atoms. The lowest BCUT2D eigenvalue weighted by molar-refractivity contribution is -0.487. The van der Waals surface area contributed by atoms with Gasteiger partial charge < -0.3 is 51.1 Å². The van der Waals surface area contributed by atoms with Crippen molar-refractivity contribution in [2.75, 3.05) is 7.05 Å². The Kier molecular flexibility index (Phi) is 5.07. The van der Waals surface area contributed by atoms with Crippen molar-refractivity contribution in [3.8, 4) is 0 Å². The van der Waals surface area contributed by atoms with Gasteiger partial charge in [-0.1, -0.05) is 17.7 Å². The Bertz CT molecular complexity index is 1280. The van der Waals surface area contributed by atoms with Crippen LogP contribution in [0.3, 0.4) is 0 Å². The molecule has 0 amide bonds. The quantitative estimate of drug-likeness (QED) is 0.169. The number of rotatable bonds is 3. The van der Waals surface area contributed by atoms with E-state index >= 15 is 0 Å². The average Bonchev–Trinajstić information content (AvgIpc) is 3.09. The summed E-state index contributed by atoms with van der Waals surface area (Å²) in [7, 11) is 0.759. The minimum atomic E-state index is -3.86. The minimum absolute atomic E-state index is 0.0277. The van der Waals surface area contributed by atoms with E-state index in [-0.39, 0.29) is 20.4 Å². The second-order valence-corrected chi connectivity index (χ2v) is 8.58. The number of benzene rings is 1. The molecule has 0 saturated heterocycles. The molecule has 0 radical (unpaired) electrons. The molecule has 184 valence electrons. The van der Waals surface area contributed by atoms with Gasteiger partial charge in [0.25, 0.3) is 23.4 Å². The van der Waals surface area contributed by atoms with Crippen LogP contribution in [0.15, 0.2) is 36.5 Å². The number of aromatic nitrogens is 2. The summed E-state index contributed by atoms with van der Waals surface area (Å²) in [4.78, 5) is 3.90. The highest BCUT2D eigenvalue weighted by molar-refractivity contribution is 5.88. The molecule has 0 saturated carbocycles. The average molecular weight is 479 g/mol. The third-order valence-electron chi connectivity index (χ3n) is 6.28. The molecule has 0 bridgehead atoms. The van der Waals surface area contributed by atoms with Gasteiger partial charge in [-0.2, -0.15) is 4.90 Å². The van der Waals surface area contributed by atoms with Gasteiger partial charge in [-0.3, -0.25) is 9.55 Å². The molecule has 3 heterocycles. The second kappa shape index (κ2) is 7.00. The van der Waals surface area contributed by atoms with E-state index in [0.717, 1.165) is 19.3 Å². The third-order valence-corrected chi connectivity index (χ3v) is 6.28. The van der Waals surface area contributed by atoms with Crippen molar-refractivity contribution < 1.29 is 51.1 Å². The number of nitrogens with zero attached hydrogens (tertiary/aromatic N) is 3. The molecule has 3 aromatic rings. The number of pyridine rings is 1. The Labute approximate surface area is 191 Å². The monoisotopic (exact) mass is 479 g/mol. The zero-order chi connectivity index (χ0) is 25.6. The summed E-state index contributed by atoms with van der Waals surface area (Å²) in [5, 5.41) is 108. The Hall–Kier alpha value is -2.53.